The van der Waals surface area contributed by atoms with Crippen LogP contribution in [-0.2, 0) is 9.47 Å². The molecule has 3 rings (SSSR count). The van der Waals surface area contributed by atoms with Gasteiger partial charge in [-0.2, -0.15) is 5.10 Å². The predicted octanol–water partition coefficient (Wildman–Crippen LogP) is 3.67. The summed E-state index contributed by atoms with van der Waals surface area (Å²) >= 11 is 0. The van der Waals surface area contributed by atoms with Crippen LogP contribution in [-0.4, -0.2) is 29.9 Å². The van der Waals surface area contributed by atoms with Crippen molar-refractivity contribution < 1.29 is 13.9 Å². The second-order valence-electron chi connectivity index (χ2n) is 6.00. The minimum absolute atomic E-state index is 0.170. The number of ether oxygens (including phenoxy) is 2. The van der Waals surface area contributed by atoms with Crippen LogP contribution in [0.3, 0.4) is 0 Å². The van der Waals surface area contributed by atoms with Crippen molar-refractivity contribution in [2.24, 2.45) is 0 Å². The van der Waals surface area contributed by atoms with Crippen molar-refractivity contribution in [3.63, 3.8) is 0 Å². The molecular weight excluding hydrogens is 361 g/mol. The van der Waals surface area contributed by atoms with Crippen molar-refractivity contribution in [2.45, 2.75) is 19.5 Å². The number of nitrogens with zero attached hydrogens (tertiary/aromatic N) is 2. The summed E-state index contributed by atoms with van der Waals surface area (Å²) in [7, 11) is 1.51. The Morgan fingerprint density at radius 1 is 1.14 bits per heavy atom. The van der Waals surface area contributed by atoms with Crippen LogP contribution >= 0.6 is 0 Å². The Labute approximate surface area is 162 Å². The summed E-state index contributed by atoms with van der Waals surface area (Å²) in [5, 5.41) is 7.23. The molecule has 1 heterocycles. The van der Waals surface area contributed by atoms with E-state index in [0.29, 0.717) is 17.9 Å². The third kappa shape index (κ3) is 4.62. The lowest BCUT2D eigenvalue weighted by atomic mass is 10.1. The molecule has 0 aliphatic carbocycles. The number of anilines is 1. The number of hydrogen-bond donors (Lipinski definition) is 1. The van der Waals surface area contributed by atoms with E-state index in [0.717, 1.165) is 5.69 Å². The highest BCUT2D eigenvalue weighted by Crippen LogP contribution is 2.25. The van der Waals surface area contributed by atoms with Gasteiger partial charge in [0.15, 0.2) is 6.17 Å². The molecule has 3 aromatic rings. The summed E-state index contributed by atoms with van der Waals surface area (Å²) in [4.78, 5) is 12.2. The normalized spacial score (nSPS) is 13.1. The molecule has 6 nitrogen and oxygen atoms in total. The van der Waals surface area contributed by atoms with Gasteiger partial charge in [-0.1, -0.05) is 30.3 Å². The minimum atomic E-state index is -1.67. The number of halogens is 1. The van der Waals surface area contributed by atoms with Crippen LogP contribution in [0.5, 0.6) is 0 Å². The van der Waals surface area contributed by atoms with E-state index in [-0.39, 0.29) is 5.69 Å². The Morgan fingerprint density at radius 2 is 1.93 bits per heavy atom. The van der Waals surface area contributed by atoms with Gasteiger partial charge in [-0.25, -0.2) is 9.07 Å². The van der Waals surface area contributed by atoms with Gasteiger partial charge in [0.05, 0.1) is 5.69 Å². The van der Waals surface area contributed by atoms with Gasteiger partial charge in [0.1, 0.15) is 5.69 Å². The van der Waals surface area contributed by atoms with Gasteiger partial charge in [0, 0.05) is 31.7 Å². The molecule has 2 atom stereocenters. The van der Waals surface area contributed by atoms with Crippen LogP contribution in [0.2, 0.25) is 0 Å². The molecule has 2 unspecified atom stereocenters. The van der Waals surface area contributed by atoms with Crippen molar-refractivity contribution in [3.05, 3.63) is 88.3 Å². The first-order valence-corrected chi connectivity index (χ1v) is 8.92. The molecule has 146 valence electrons. The maximum atomic E-state index is 15.2. The second-order valence-corrected chi connectivity index (χ2v) is 6.00. The first kappa shape index (κ1) is 19.7. The SMILES string of the molecule is CCOC(Nc1cccc(C(F)c2nn(-c3ccccc3)ccc2=O)c1)OC. The molecule has 1 N–H and O–H groups in total. The highest BCUT2D eigenvalue weighted by Gasteiger charge is 2.19. The molecule has 28 heavy (non-hydrogen) atoms. The number of methoxy groups -OCH3 is 1. The molecule has 0 fully saturated rings. The topological polar surface area (TPSA) is 65.4 Å². The molecule has 1 aromatic heterocycles. The second kappa shape index (κ2) is 9.25. The number of para-hydroxylation sites is 1. The summed E-state index contributed by atoms with van der Waals surface area (Å²) in [6.45, 7) is 2.31. The Hall–Kier alpha value is -3.03. The van der Waals surface area contributed by atoms with Gasteiger partial charge in [-0.05, 0) is 36.8 Å². The lowest BCUT2D eigenvalue weighted by molar-refractivity contribution is -0.0995. The van der Waals surface area contributed by atoms with E-state index in [2.05, 4.69) is 10.4 Å². The average Bonchev–Trinajstić information content (AvgIpc) is 2.74. The van der Waals surface area contributed by atoms with E-state index < -0.39 is 18.0 Å². The molecule has 0 aliphatic rings. The van der Waals surface area contributed by atoms with E-state index in [9.17, 15) is 4.79 Å². The van der Waals surface area contributed by atoms with Crippen molar-refractivity contribution in [3.8, 4) is 5.69 Å². The largest absolute Gasteiger partial charge is 0.339 e. The van der Waals surface area contributed by atoms with Gasteiger partial charge >= 0.3 is 0 Å². The summed E-state index contributed by atoms with van der Waals surface area (Å²) in [6, 6.07) is 17.2. The molecular formula is C21H22FN3O3. The lowest BCUT2D eigenvalue weighted by Crippen LogP contribution is -2.25. The molecule has 0 spiro atoms. The Kier molecular flexibility index (Phi) is 6.52. The van der Waals surface area contributed by atoms with Crippen LogP contribution in [0.1, 0.15) is 24.4 Å². The number of benzene rings is 2. The van der Waals surface area contributed by atoms with Crippen molar-refractivity contribution >= 4 is 5.69 Å². The van der Waals surface area contributed by atoms with Gasteiger partial charge in [0.25, 0.3) is 0 Å². The molecule has 0 amide bonds. The predicted molar refractivity (Wildman–Crippen MR) is 105 cm³/mol. The quantitative estimate of drug-likeness (QED) is 0.601. The van der Waals surface area contributed by atoms with Crippen LogP contribution < -0.4 is 10.7 Å². The zero-order valence-corrected chi connectivity index (χ0v) is 15.7. The maximum absolute atomic E-state index is 15.2. The van der Waals surface area contributed by atoms with Crippen LogP contribution in [0.4, 0.5) is 10.1 Å². The molecule has 0 bridgehead atoms. The molecule has 0 saturated heterocycles. The molecule has 7 heteroatoms. The van der Waals surface area contributed by atoms with E-state index >= 15 is 4.39 Å². The van der Waals surface area contributed by atoms with Gasteiger partial charge < -0.3 is 14.8 Å². The van der Waals surface area contributed by atoms with Crippen LogP contribution in [0.25, 0.3) is 5.69 Å². The van der Waals surface area contributed by atoms with Crippen LogP contribution in [0.15, 0.2) is 71.7 Å². The van der Waals surface area contributed by atoms with E-state index in [1.54, 1.807) is 24.3 Å². The van der Waals surface area contributed by atoms with Crippen LogP contribution in [0, 0.1) is 0 Å². The Bertz CT molecular complexity index is 962. The highest BCUT2D eigenvalue weighted by atomic mass is 19.1. The third-order valence-electron chi connectivity index (χ3n) is 4.09. The van der Waals surface area contributed by atoms with Crippen molar-refractivity contribution in [1.29, 1.82) is 0 Å². The number of alkyl halides is 1. The first-order chi connectivity index (χ1) is 13.6. The number of nitrogens with one attached hydrogen (secondary N) is 1. The Balaban J connectivity index is 1.89. The summed E-state index contributed by atoms with van der Waals surface area (Å²) < 4.78 is 27.2. The number of aromatic nitrogens is 2. The fraction of sp³-hybridized carbons (Fsp3) is 0.238. The van der Waals surface area contributed by atoms with Gasteiger partial charge in [-0.3, -0.25) is 4.79 Å². The zero-order valence-electron chi connectivity index (χ0n) is 15.7. The van der Waals surface area contributed by atoms with Crippen molar-refractivity contribution in [2.75, 3.05) is 19.0 Å². The fourth-order valence-electron chi connectivity index (χ4n) is 2.72. The summed E-state index contributed by atoms with van der Waals surface area (Å²) in [5.74, 6) is 0. The molecule has 0 aliphatic heterocycles. The van der Waals surface area contributed by atoms with Gasteiger partial charge in [0.2, 0.25) is 11.8 Å². The summed E-state index contributed by atoms with van der Waals surface area (Å²) in [6.07, 6.45) is -0.793. The average molecular weight is 383 g/mol. The first-order valence-electron chi connectivity index (χ1n) is 8.92. The molecule has 0 saturated carbocycles. The van der Waals surface area contributed by atoms with E-state index in [1.807, 2.05) is 37.3 Å². The highest BCUT2D eigenvalue weighted by molar-refractivity contribution is 5.47. The minimum Gasteiger partial charge on any atom is -0.339 e. The maximum Gasteiger partial charge on any atom is 0.237 e. The number of hydrogen-bond acceptors (Lipinski definition) is 5. The fourth-order valence-corrected chi connectivity index (χ4v) is 2.72. The molecule has 0 radical (unpaired) electrons. The number of rotatable bonds is 8. The monoisotopic (exact) mass is 383 g/mol. The van der Waals surface area contributed by atoms with Gasteiger partial charge in [-0.15, -0.1) is 0 Å². The van der Waals surface area contributed by atoms with E-state index in [4.69, 9.17) is 9.47 Å². The summed E-state index contributed by atoms with van der Waals surface area (Å²) in [5.41, 5.74) is 1.04. The molecule has 2 aromatic carbocycles. The Morgan fingerprint density at radius 3 is 2.64 bits per heavy atom. The van der Waals surface area contributed by atoms with E-state index in [1.165, 1.54) is 24.1 Å². The third-order valence-corrected chi connectivity index (χ3v) is 4.09. The standard InChI is InChI=1S/C21H22FN3O3/c1-3-28-21(27-2)23-16-9-7-8-15(14-16)19(22)20-18(26)12-13-25(24-20)17-10-5-4-6-11-17/h4-14,19,21,23H,3H2,1-2H3. The smallest absolute Gasteiger partial charge is 0.237 e. The lowest BCUT2D eigenvalue weighted by Gasteiger charge is -2.18. The van der Waals surface area contributed by atoms with Crippen molar-refractivity contribution in [1.82, 2.24) is 9.78 Å². The zero-order chi connectivity index (χ0) is 19.9.